The van der Waals surface area contributed by atoms with Crippen LogP contribution in [0.15, 0.2) is 59.5 Å². The zero-order valence-electron chi connectivity index (χ0n) is 16.3. The van der Waals surface area contributed by atoms with Crippen molar-refractivity contribution in [3.63, 3.8) is 0 Å². The minimum absolute atomic E-state index is 0.169. The van der Waals surface area contributed by atoms with Crippen LogP contribution in [0.25, 0.3) is 0 Å². The summed E-state index contributed by atoms with van der Waals surface area (Å²) in [5.41, 5.74) is 4.13. The van der Waals surface area contributed by atoms with Gasteiger partial charge in [0.05, 0.1) is 0 Å². The summed E-state index contributed by atoms with van der Waals surface area (Å²) in [6, 6.07) is 16.1. The summed E-state index contributed by atoms with van der Waals surface area (Å²) in [7, 11) is -3.84. The van der Waals surface area contributed by atoms with Gasteiger partial charge in [-0.3, -0.25) is 0 Å². The zero-order valence-corrected chi connectivity index (χ0v) is 18.8. The minimum atomic E-state index is -3.84. The Morgan fingerprint density at radius 3 is 2.43 bits per heavy atom. The van der Waals surface area contributed by atoms with Crippen molar-refractivity contribution in [3.05, 3.63) is 77.1 Å². The maximum absolute atomic E-state index is 12.6. The van der Waals surface area contributed by atoms with Gasteiger partial charge >= 0.3 is 173 Å². The van der Waals surface area contributed by atoms with Gasteiger partial charge in [-0.15, -0.1) is 0 Å². The Kier molecular flexibility index (Phi) is 6.60. The van der Waals surface area contributed by atoms with E-state index in [1.807, 2.05) is 30.7 Å². The third-order valence-electron chi connectivity index (χ3n) is 4.29. The van der Waals surface area contributed by atoms with Crippen molar-refractivity contribution < 1.29 is 12.6 Å². The number of para-hydroxylation sites is 1. The molecule has 5 nitrogen and oxygen atoms in total. The molecule has 3 aromatic rings. The average Bonchev–Trinajstić information content (AvgIpc) is 2.97. The normalized spacial score (nSPS) is 11.5. The summed E-state index contributed by atoms with van der Waals surface area (Å²) in [6.45, 7) is 6.86. The van der Waals surface area contributed by atoms with E-state index < -0.39 is 10.1 Å². The summed E-state index contributed by atoms with van der Waals surface area (Å²) in [5.74, 6) is 0.413. The fourth-order valence-corrected chi connectivity index (χ4v) is 5.67. The van der Waals surface area contributed by atoms with E-state index in [9.17, 15) is 8.42 Å². The van der Waals surface area contributed by atoms with Crippen LogP contribution in [0.5, 0.6) is 5.75 Å². The topological polar surface area (TPSA) is 61.2 Å². The van der Waals surface area contributed by atoms with Crippen LogP contribution in [0.4, 0.5) is 0 Å². The number of aryl methyl sites for hydroxylation is 4. The number of hydrogen-bond acceptors (Lipinski definition) is 4. The van der Waals surface area contributed by atoms with Crippen LogP contribution >= 0.6 is 0 Å². The fraction of sp³-hybridized carbons (Fsp3) is 0.286. The second-order valence-electron chi connectivity index (χ2n) is 6.66. The molecule has 0 N–H and O–H groups in total. The fourth-order valence-electron chi connectivity index (χ4n) is 2.81. The van der Waals surface area contributed by atoms with E-state index in [-0.39, 0.29) is 4.90 Å². The molecule has 1 heterocycles. The molecule has 0 spiro atoms. The van der Waals surface area contributed by atoms with Gasteiger partial charge in [-0.05, 0) is 0 Å². The number of rotatable bonds is 8. The number of hydrogen-bond donors (Lipinski definition) is 0. The Morgan fingerprint density at radius 2 is 1.75 bits per heavy atom. The molecule has 7 heteroatoms. The van der Waals surface area contributed by atoms with Gasteiger partial charge in [-0.2, -0.15) is 0 Å². The van der Waals surface area contributed by atoms with Crippen LogP contribution in [0, 0.1) is 20.8 Å². The Morgan fingerprint density at radius 1 is 1.04 bits per heavy atom. The molecule has 0 atom stereocenters. The van der Waals surface area contributed by atoms with Crippen molar-refractivity contribution in [2.45, 2.75) is 42.8 Å². The summed E-state index contributed by atoms with van der Waals surface area (Å²) in [6.07, 6.45) is 0. The first-order valence-corrected chi connectivity index (χ1v) is 12.9. The van der Waals surface area contributed by atoms with Crippen molar-refractivity contribution in [1.29, 1.82) is 0 Å². The van der Waals surface area contributed by atoms with E-state index in [0.29, 0.717) is 20.7 Å². The van der Waals surface area contributed by atoms with Crippen LogP contribution in [-0.4, -0.2) is 33.2 Å². The molecule has 0 bridgehead atoms. The second kappa shape index (κ2) is 8.95. The standard InChI is InChI=1S/C21H24N2O3SSe/c1-16-8-10-20(11-9-16)27(24,25)26-21-7-5-4-6-19(21)15-28-13-12-23-18(3)14-17(2)22-23/h4-11,14H,12-13,15H2,1-3H3. The van der Waals surface area contributed by atoms with Crippen molar-refractivity contribution >= 4 is 25.1 Å². The van der Waals surface area contributed by atoms with E-state index in [1.165, 1.54) is 5.69 Å². The van der Waals surface area contributed by atoms with Crippen molar-refractivity contribution in [1.82, 2.24) is 9.78 Å². The summed E-state index contributed by atoms with van der Waals surface area (Å²) >= 11 is 0.319. The molecule has 2 aromatic carbocycles. The molecule has 0 aliphatic rings. The summed E-state index contributed by atoms with van der Waals surface area (Å²) in [4.78, 5) is 0.169. The van der Waals surface area contributed by atoms with Gasteiger partial charge in [0.2, 0.25) is 0 Å². The number of aromatic nitrogens is 2. The SMILES string of the molecule is Cc1ccc(S(=O)(=O)Oc2ccccc2C[Se]CCn2nc(C)cc2C)cc1. The molecular formula is C21H24N2O3SSe. The molecule has 0 unspecified atom stereocenters. The molecule has 0 aliphatic heterocycles. The van der Waals surface area contributed by atoms with Crippen molar-refractivity contribution in [3.8, 4) is 5.75 Å². The monoisotopic (exact) mass is 464 g/mol. The van der Waals surface area contributed by atoms with E-state index in [4.69, 9.17) is 4.18 Å². The van der Waals surface area contributed by atoms with Gasteiger partial charge in [-0.25, -0.2) is 0 Å². The molecular weight excluding hydrogens is 439 g/mol. The maximum atomic E-state index is 12.6. The molecule has 28 heavy (non-hydrogen) atoms. The summed E-state index contributed by atoms with van der Waals surface area (Å²) in [5, 5.41) is 6.32. The quantitative estimate of drug-likeness (QED) is 0.289. The third kappa shape index (κ3) is 5.25. The van der Waals surface area contributed by atoms with Crippen molar-refractivity contribution in [2.24, 2.45) is 0 Å². The van der Waals surface area contributed by atoms with Gasteiger partial charge in [0, 0.05) is 0 Å². The van der Waals surface area contributed by atoms with Gasteiger partial charge in [-0.1, -0.05) is 0 Å². The molecule has 0 amide bonds. The number of benzene rings is 2. The number of nitrogens with zero attached hydrogens (tertiary/aromatic N) is 2. The molecule has 3 rings (SSSR count). The van der Waals surface area contributed by atoms with E-state index in [2.05, 4.69) is 18.1 Å². The molecule has 148 valence electrons. The Hall–Kier alpha value is -2.08. The van der Waals surface area contributed by atoms with Crippen LogP contribution in [0.2, 0.25) is 5.32 Å². The molecule has 0 fully saturated rings. The van der Waals surface area contributed by atoms with Crippen LogP contribution < -0.4 is 4.18 Å². The molecule has 0 saturated carbocycles. The third-order valence-corrected chi connectivity index (χ3v) is 7.61. The summed E-state index contributed by atoms with van der Waals surface area (Å²) < 4.78 is 32.7. The van der Waals surface area contributed by atoms with Crippen LogP contribution in [0.3, 0.4) is 0 Å². The predicted molar refractivity (Wildman–Crippen MR) is 111 cm³/mol. The molecule has 0 aliphatic carbocycles. The van der Waals surface area contributed by atoms with E-state index >= 15 is 0 Å². The first kappa shape index (κ1) is 20.6. The van der Waals surface area contributed by atoms with E-state index in [0.717, 1.165) is 34.0 Å². The zero-order chi connectivity index (χ0) is 20.1. The van der Waals surface area contributed by atoms with Gasteiger partial charge in [0.1, 0.15) is 0 Å². The van der Waals surface area contributed by atoms with Crippen LogP contribution in [0.1, 0.15) is 22.5 Å². The van der Waals surface area contributed by atoms with E-state index in [1.54, 1.807) is 36.4 Å². The second-order valence-corrected chi connectivity index (χ2v) is 10.5. The first-order valence-electron chi connectivity index (χ1n) is 9.03. The predicted octanol–water partition coefficient (Wildman–Crippen LogP) is 3.90. The Balaban J connectivity index is 1.64. The molecule has 0 saturated heterocycles. The molecule has 0 radical (unpaired) electrons. The van der Waals surface area contributed by atoms with Gasteiger partial charge in [0.25, 0.3) is 0 Å². The Bertz CT molecular complexity index is 1040. The first-order chi connectivity index (χ1) is 13.3. The molecule has 1 aromatic heterocycles. The van der Waals surface area contributed by atoms with Gasteiger partial charge in [0.15, 0.2) is 0 Å². The Labute approximate surface area is 173 Å². The average molecular weight is 463 g/mol. The van der Waals surface area contributed by atoms with Crippen molar-refractivity contribution in [2.75, 3.05) is 0 Å². The van der Waals surface area contributed by atoms with Gasteiger partial charge < -0.3 is 0 Å². The van der Waals surface area contributed by atoms with Crippen LogP contribution in [-0.2, 0) is 22.0 Å².